The van der Waals surface area contributed by atoms with Crippen LogP contribution in [0.3, 0.4) is 0 Å². The number of benzene rings is 1. The zero-order chi connectivity index (χ0) is 13.8. The van der Waals surface area contributed by atoms with Crippen LogP contribution in [0.25, 0.3) is 11.1 Å². The van der Waals surface area contributed by atoms with Gasteiger partial charge in [-0.15, -0.1) is 0 Å². The van der Waals surface area contributed by atoms with Gasteiger partial charge in [0.25, 0.3) is 0 Å². The fraction of sp³-hybridized carbons (Fsp3) is 0.312. The molecule has 104 valence electrons. The van der Waals surface area contributed by atoms with Crippen molar-refractivity contribution in [3.63, 3.8) is 0 Å². The number of rotatable bonds is 4. The van der Waals surface area contributed by atoms with Gasteiger partial charge in [0.2, 0.25) is 0 Å². The molecule has 0 radical (unpaired) electrons. The van der Waals surface area contributed by atoms with Crippen molar-refractivity contribution in [1.82, 2.24) is 4.98 Å². The Morgan fingerprint density at radius 3 is 2.90 bits per heavy atom. The van der Waals surface area contributed by atoms with Crippen LogP contribution >= 0.6 is 0 Å². The maximum Gasteiger partial charge on any atom is 0.126 e. The quantitative estimate of drug-likeness (QED) is 0.838. The van der Waals surface area contributed by atoms with Crippen LogP contribution in [0.5, 0.6) is 0 Å². The van der Waals surface area contributed by atoms with E-state index in [1.807, 2.05) is 36.5 Å². The Labute approximate surface area is 119 Å². The highest BCUT2D eigenvalue weighted by atomic mass is 16.5. The molecule has 1 aliphatic heterocycles. The number of nitrogen functional groups attached to an aromatic ring is 1. The van der Waals surface area contributed by atoms with Crippen molar-refractivity contribution in [3.05, 3.63) is 42.6 Å². The third kappa shape index (κ3) is 3.08. The fourth-order valence-corrected chi connectivity index (χ4v) is 2.41. The highest BCUT2D eigenvalue weighted by Gasteiger charge is 2.14. The molecule has 0 amide bonds. The summed E-state index contributed by atoms with van der Waals surface area (Å²) in [7, 11) is 0. The summed E-state index contributed by atoms with van der Waals surface area (Å²) >= 11 is 0. The van der Waals surface area contributed by atoms with Crippen LogP contribution in [0.4, 0.5) is 11.5 Å². The SMILES string of the molecule is Nc1cccc(-c2ccc(NCC3CCCO3)nc2)c1. The van der Waals surface area contributed by atoms with E-state index in [-0.39, 0.29) is 0 Å². The molecule has 0 spiro atoms. The van der Waals surface area contributed by atoms with E-state index >= 15 is 0 Å². The highest BCUT2D eigenvalue weighted by molar-refractivity contribution is 5.67. The van der Waals surface area contributed by atoms with E-state index in [1.165, 1.54) is 0 Å². The monoisotopic (exact) mass is 269 g/mol. The minimum atomic E-state index is 0.324. The van der Waals surface area contributed by atoms with Gasteiger partial charge < -0.3 is 15.8 Å². The first-order valence-electron chi connectivity index (χ1n) is 6.99. The molecule has 1 unspecified atom stereocenters. The summed E-state index contributed by atoms with van der Waals surface area (Å²) in [5.41, 5.74) is 8.72. The first kappa shape index (κ1) is 12.9. The molecule has 2 heterocycles. The smallest absolute Gasteiger partial charge is 0.126 e. The third-order valence-corrected chi connectivity index (χ3v) is 3.52. The normalized spacial score (nSPS) is 18.1. The first-order valence-corrected chi connectivity index (χ1v) is 6.99. The Bertz CT molecular complexity index is 562. The summed E-state index contributed by atoms with van der Waals surface area (Å²) in [4.78, 5) is 4.44. The van der Waals surface area contributed by atoms with Crippen LogP contribution in [-0.4, -0.2) is 24.2 Å². The topological polar surface area (TPSA) is 60.2 Å². The summed E-state index contributed by atoms with van der Waals surface area (Å²) < 4.78 is 5.58. The van der Waals surface area contributed by atoms with Crippen molar-refractivity contribution < 1.29 is 4.74 Å². The molecule has 1 aromatic carbocycles. The van der Waals surface area contributed by atoms with Crippen LogP contribution in [0.15, 0.2) is 42.6 Å². The Balaban J connectivity index is 1.65. The molecule has 1 atom stereocenters. The molecule has 3 rings (SSSR count). The van der Waals surface area contributed by atoms with Crippen LogP contribution in [0, 0.1) is 0 Å². The van der Waals surface area contributed by atoms with Gasteiger partial charge in [0.05, 0.1) is 6.10 Å². The predicted octanol–water partition coefficient (Wildman–Crippen LogP) is 2.92. The van der Waals surface area contributed by atoms with E-state index in [4.69, 9.17) is 10.5 Å². The number of hydrogen-bond acceptors (Lipinski definition) is 4. The van der Waals surface area contributed by atoms with Gasteiger partial charge in [0.1, 0.15) is 5.82 Å². The Morgan fingerprint density at radius 2 is 2.20 bits per heavy atom. The van der Waals surface area contributed by atoms with Gasteiger partial charge in [-0.05, 0) is 42.7 Å². The van der Waals surface area contributed by atoms with Gasteiger partial charge in [-0.3, -0.25) is 0 Å². The molecule has 1 aromatic heterocycles. The number of nitrogens with zero attached hydrogens (tertiary/aromatic N) is 1. The van der Waals surface area contributed by atoms with E-state index in [0.29, 0.717) is 6.10 Å². The lowest BCUT2D eigenvalue weighted by molar-refractivity contribution is 0.120. The molecule has 3 N–H and O–H groups in total. The molecule has 4 heteroatoms. The molecule has 4 nitrogen and oxygen atoms in total. The zero-order valence-corrected chi connectivity index (χ0v) is 11.4. The van der Waals surface area contributed by atoms with E-state index in [9.17, 15) is 0 Å². The molecular weight excluding hydrogens is 250 g/mol. The standard InChI is InChI=1S/C16H19N3O/c17-14-4-1-3-12(9-14)13-6-7-16(18-10-13)19-11-15-5-2-8-20-15/h1,3-4,6-7,9-10,15H,2,5,8,11,17H2,(H,18,19). The second-order valence-corrected chi connectivity index (χ2v) is 5.07. The van der Waals surface area contributed by atoms with Crippen LogP contribution in [0.2, 0.25) is 0 Å². The van der Waals surface area contributed by atoms with E-state index in [2.05, 4.69) is 16.4 Å². The summed E-state index contributed by atoms with van der Waals surface area (Å²) in [5, 5.41) is 3.32. The summed E-state index contributed by atoms with van der Waals surface area (Å²) in [6, 6.07) is 11.9. The third-order valence-electron chi connectivity index (χ3n) is 3.52. The average Bonchev–Trinajstić information content (AvgIpc) is 2.99. The average molecular weight is 269 g/mol. The van der Waals surface area contributed by atoms with Crippen molar-refractivity contribution in [2.75, 3.05) is 24.2 Å². The lowest BCUT2D eigenvalue weighted by Crippen LogP contribution is -2.18. The van der Waals surface area contributed by atoms with E-state index in [0.717, 1.165) is 48.6 Å². The van der Waals surface area contributed by atoms with Gasteiger partial charge in [-0.25, -0.2) is 4.98 Å². The molecule has 2 aromatic rings. The molecule has 0 saturated carbocycles. The maximum absolute atomic E-state index is 5.80. The first-order chi connectivity index (χ1) is 9.81. The summed E-state index contributed by atoms with van der Waals surface area (Å²) in [5.74, 6) is 0.883. The number of hydrogen-bond donors (Lipinski definition) is 2. The van der Waals surface area contributed by atoms with E-state index in [1.54, 1.807) is 0 Å². The minimum absolute atomic E-state index is 0.324. The van der Waals surface area contributed by atoms with Gasteiger partial charge in [-0.2, -0.15) is 0 Å². The number of nitrogens with two attached hydrogens (primary N) is 1. The van der Waals surface area contributed by atoms with Crippen molar-refractivity contribution >= 4 is 11.5 Å². The molecule has 1 aliphatic rings. The largest absolute Gasteiger partial charge is 0.399 e. The van der Waals surface area contributed by atoms with Gasteiger partial charge in [0.15, 0.2) is 0 Å². The zero-order valence-electron chi connectivity index (χ0n) is 11.4. The maximum atomic E-state index is 5.80. The van der Waals surface area contributed by atoms with Crippen molar-refractivity contribution in [2.24, 2.45) is 0 Å². The van der Waals surface area contributed by atoms with Gasteiger partial charge in [-0.1, -0.05) is 12.1 Å². The second kappa shape index (κ2) is 5.92. The van der Waals surface area contributed by atoms with Crippen LogP contribution in [0.1, 0.15) is 12.8 Å². The van der Waals surface area contributed by atoms with Gasteiger partial charge >= 0.3 is 0 Å². The fourth-order valence-electron chi connectivity index (χ4n) is 2.41. The molecule has 0 bridgehead atoms. The Morgan fingerprint density at radius 1 is 1.25 bits per heavy atom. The number of aromatic nitrogens is 1. The lowest BCUT2D eigenvalue weighted by Gasteiger charge is -2.11. The molecule has 0 aliphatic carbocycles. The number of anilines is 2. The summed E-state index contributed by atoms with van der Waals surface area (Å²) in [6.07, 6.45) is 4.49. The van der Waals surface area contributed by atoms with Crippen molar-refractivity contribution in [1.29, 1.82) is 0 Å². The Kier molecular flexibility index (Phi) is 3.83. The minimum Gasteiger partial charge on any atom is -0.399 e. The summed E-state index contributed by atoms with van der Waals surface area (Å²) in [6.45, 7) is 1.71. The second-order valence-electron chi connectivity index (χ2n) is 5.07. The Hall–Kier alpha value is -2.07. The number of ether oxygens (including phenoxy) is 1. The van der Waals surface area contributed by atoms with Crippen molar-refractivity contribution in [2.45, 2.75) is 18.9 Å². The molecular formula is C16H19N3O. The number of pyridine rings is 1. The van der Waals surface area contributed by atoms with Gasteiger partial charge in [0, 0.05) is 30.6 Å². The molecule has 20 heavy (non-hydrogen) atoms. The predicted molar refractivity (Wildman–Crippen MR) is 81.5 cm³/mol. The van der Waals surface area contributed by atoms with Crippen molar-refractivity contribution in [3.8, 4) is 11.1 Å². The number of nitrogens with one attached hydrogen (secondary N) is 1. The lowest BCUT2D eigenvalue weighted by atomic mass is 10.1. The van der Waals surface area contributed by atoms with E-state index < -0.39 is 0 Å². The van der Waals surface area contributed by atoms with Crippen LogP contribution in [-0.2, 0) is 4.74 Å². The molecule has 1 fully saturated rings. The molecule has 1 saturated heterocycles. The highest BCUT2D eigenvalue weighted by Crippen LogP contribution is 2.21. The van der Waals surface area contributed by atoms with Crippen LogP contribution < -0.4 is 11.1 Å².